The van der Waals surface area contributed by atoms with Crippen molar-refractivity contribution in [3.05, 3.63) is 66.1 Å². The molecule has 1 saturated heterocycles. The highest BCUT2D eigenvalue weighted by atomic mass is 19.1. The molecule has 1 aliphatic heterocycles. The zero-order valence-corrected chi connectivity index (χ0v) is 16.9. The molecule has 1 aliphatic rings. The van der Waals surface area contributed by atoms with Gasteiger partial charge >= 0.3 is 0 Å². The number of hydrogen-bond donors (Lipinski definition) is 1. The Morgan fingerprint density at radius 3 is 2.32 bits per heavy atom. The number of ether oxygens (including phenoxy) is 1. The normalized spacial score (nSPS) is 15.7. The molecule has 2 heterocycles. The Kier molecular flexibility index (Phi) is 5.62. The molecule has 8 heteroatoms. The number of amides is 1. The van der Waals surface area contributed by atoms with Crippen LogP contribution in [0.2, 0.25) is 0 Å². The number of rotatable bonds is 6. The molecule has 0 radical (unpaired) electrons. The first-order valence-electron chi connectivity index (χ1n) is 9.90. The van der Waals surface area contributed by atoms with E-state index in [0.29, 0.717) is 41.7 Å². The lowest BCUT2D eigenvalue weighted by atomic mass is 10.1. The van der Waals surface area contributed by atoms with Crippen LogP contribution in [0.15, 0.2) is 54.6 Å². The number of nitrogens with zero attached hydrogens (tertiary/aromatic N) is 3. The smallest absolute Gasteiger partial charge is 0.240 e. The van der Waals surface area contributed by atoms with Gasteiger partial charge in [-0.2, -0.15) is 0 Å². The maximum Gasteiger partial charge on any atom is 0.240 e. The topological polar surface area (TPSA) is 98.4 Å². The van der Waals surface area contributed by atoms with Crippen LogP contribution in [0, 0.1) is 5.82 Å². The van der Waals surface area contributed by atoms with Crippen molar-refractivity contribution in [1.29, 1.82) is 0 Å². The molecule has 158 valence electrons. The fraction of sp³-hybridized carbons (Fsp3) is 0.217. The van der Waals surface area contributed by atoms with Crippen molar-refractivity contribution in [2.75, 3.05) is 11.4 Å². The first-order chi connectivity index (χ1) is 14.9. The van der Waals surface area contributed by atoms with Crippen LogP contribution >= 0.6 is 0 Å². The SMILES string of the molecule is CC(=O)c1cc(N2CCC[C@H]2C(N)=O)nc(-c2ccc(Oc3ccc(F)cc3)cc2)n1. The van der Waals surface area contributed by atoms with Crippen LogP contribution in [0.1, 0.15) is 30.3 Å². The Morgan fingerprint density at radius 2 is 1.71 bits per heavy atom. The average molecular weight is 420 g/mol. The van der Waals surface area contributed by atoms with Crippen molar-refractivity contribution >= 4 is 17.5 Å². The third-order valence-electron chi connectivity index (χ3n) is 5.11. The second-order valence-corrected chi connectivity index (χ2v) is 7.33. The number of anilines is 1. The van der Waals surface area contributed by atoms with Gasteiger partial charge in [-0.1, -0.05) is 0 Å². The summed E-state index contributed by atoms with van der Waals surface area (Å²) in [6.45, 7) is 2.07. The number of primary amides is 1. The number of aromatic nitrogens is 2. The van der Waals surface area contributed by atoms with Gasteiger partial charge in [-0.3, -0.25) is 9.59 Å². The molecule has 1 aromatic heterocycles. The summed E-state index contributed by atoms with van der Waals surface area (Å²) in [5.41, 5.74) is 6.49. The second-order valence-electron chi connectivity index (χ2n) is 7.33. The van der Waals surface area contributed by atoms with Crippen LogP contribution < -0.4 is 15.4 Å². The number of hydrogen-bond acceptors (Lipinski definition) is 6. The lowest BCUT2D eigenvalue weighted by Crippen LogP contribution is -2.40. The molecule has 3 aromatic rings. The molecule has 0 spiro atoms. The van der Waals surface area contributed by atoms with Gasteiger partial charge < -0.3 is 15.4 Å². The van der Waals surface area contributed by atoms with E-state index in [-0.39, 0.29) is 17.3 Å². The Labute approximate surface area is 178 Å². The van der Waals surface area contributed by atoms with Gasteiger partial charge in [-0.25, -0.2) is 14.4 Å². The highest BCUT2D eigenvalue weighted by Crippen LogP contribution is 2.29. The van der Waals surface area contributed by atoms with Gasteiger partial charge in [0.15, 0.2) is 11.6 Å². The number of ketones is 1. The third kappa shape index (κ3) is 4.53. The molecular weight excluding hydrogens is 399 g/mol. The number of carbonyl (C=O) groups is 2. The molecule has 2 aromatic carbocycles. The van der Waals surface area contributed by atoms with Gasteiger partial charge in [0.05, 0.1) is 0 Å². The Bertz CT molecular complexity index is 1120. The fourth-order valence-electron chi connectivity index (χ4n) is 3.54. The summed E-state index contributed by atoms with van der Waals surface area (Å²) >= 11 is 0. The molecule has 2 N–H and O–H groups in total. The highest BCUT2D eigenvalue weighted by molar-refractivity contribution is 5.93. The van der Waals surface area contributed by atoms with Gasteiger partial charge in [0.1, 0.15) is 34.9 Å². The van der Waals surface area contributed by atoms with Crippen LogP contribution in [-0.4, -0.2) is 34.2 Å². The van der Waals surface area contributed by atoms with E-state index in [0.717, 1.165) is 6.42 Å². The molecule has 1 atom stereocenters. The number of Topliss-reactive ketones (excluding diaryl/α,β-unsaturated/α-hetero) is 1. The van der Waals surface area contributed by atoms with Gasteiger partial charge in [0.25, 0.3) is 0 Å². The maximum absolute atomic E-state index is 13.0. The number of benzene rings is 2. The molecule has 0 bridgehead atoms. The summed E-state index contributed by atoms with van der Waals surface area (Å²) in [4.78, 5) is 34.6. The van der Waals surface area contributed by atoms with Gasteiger partial charge in [0.2, 0.25) is 5.91 Å². The summed E-state index contributed by atoms with van der Waals surface area (Å²) in [6, 6.07) is 13.9. The van der Waals surface area contributed by atoms with E-state index in [1.165, 1.54) is 19.1 Å². The molecule has 1 amide bonds. The summed E-state index contributed by atoms with van der Waals surface area (Å²) in [6.07, 6.45) is 1.47. The largest absolute Gasteiger partial charge is 0.457 e. The van der Waals surface area contributed by atoms with E-state index in [2.05, 4.69) is 9.97 Å². The van der Waals surface area contributed by atoms with E-state index in [9.17, 15) is 14.0 Å². The summed E-state index contributed by atoms with van der Waals surface area (Å²) < 4.78 is 18.8. The maximum atomic E-state index is 13.0. The van der Waals surface area contributed by atoms with E-state index < -0.39 is 11.9 Å². The monoisotopic (exact) mass is 420 g/mol. The number of halogens is 1. The van der Waals surface area contributed by atoms with Gasteiger partial charge in [-0.05, 0) is 61.4 Å². The van der Waals surface area contributed by atoms with Crippen LogP contribution in [0.3, 0.4) is 0 Å². The molecule has 4 rings (SSSR count). The van der Waals surface area contributed by atoms with Crippen molar-refractivity contribution in [3.8, 4) is 22.9 Å². The minimum absolute atomic E-state index is 0.198. The second kappa shape index (κ2) is 8.51. The molecule has 7 nitrogen and oxygen atoms in total. The van der Waals surface area contributed by atoms with Crippen molar-refractivity contribution in [3.63, 3.8) is 0 Å². The van der Waals surface area contributed by atoms with Crippen LogP contribution in [0.5, 0.6) is 11.5 Å². The van der Waals surface area contributed by atoms with Crippen molar-refractivity contribution in [1.82, 2.24) is 9.97 Å². The Balaban J connectivity index is 1.63. The van der Waals surface area contributed by atoms with Crippen molar-refractivity contribution in [2.45, 2.75) is 25.8 Å². The predicted molar refractivity (Wildman–Crippen MR) is 114 cm³/mol. The first-order valence-corrected chi connectivity index (χ1v) is 9.90. The van der Waals surface area contributed by atoms with Crippen LogP contribution in [0.25, 0.3) is 11.4 Å². The minimum atomic E-state index is -0.450. The fourth-order valence-corrected chi connectivity index (χ4v) is 3.54. The minimum Gasteiger partial charge on any atom is -0.457 e. The molecule has 0 saturated carbocycles. The van der Waals surface area contributed by atoms with E-state index in [4.69, 9.17) is 10.5 Å². The average Bonchev–Trinajstić information content (AvgIpc) is 3.26. The van der Waals surface area contributed by atoms with Crippen LogP contribution in [0.4, 0.5) is 10.2 Å². The Hall–Kier alpha value is -3.81. The van der Waals surface area contributed by atoms with E-state index in [1.807, 2.05) is 4.90 Å². The lowest BCUT2D eigenvalue weighted by molar-refractivity contribution is -0.119. The first kappa shape index (κ1) is 20.5. The zero-order chi connectivity index (χ0) is 22.0. The molecular formula is C23H21FN4O3. The Morgan fingerprint density at radius 1 is 1.06 bits per heavy atom. The highest BCUT2D eigenvalue weighted by Gasteiger charge is 2.30. The number of carbonyl (C=O) groups excluding carboxylic acids is 2. The van der Waals surface area contributed by atoms with Crippen LogP contribution in [-0.2, 0) is 4.79 Å². The lowest BCUT2D eigenvalue weighted by Gasteiger charge is -2.24. The molecule has 0 aliphatic carbocycles. The zero-order valence-electron chi connectivity index (χ0n) is 16.9. The predicted octanol–water partition coefficient (Wildman–Crippen LogP) is 3.73. The summed E-state index contributed by atoms with van der Waals surface area (Å²) in [5, 5.41) is 0. The molecule has 0 unspecified atom stereocenters. The van der Waals surface area contributed by atoms with Crippen molar-refractivity contribution in [2.24, 2.45) is 5.73 Å². The summed E-state index contributed by atoms with van der Waals surface area (Å²) in [7, 11) is 0. The standard InChI is InChI=1S/C23H21FN4O3/c1-14(29)19-13-21(28-12-2-3-20(28)22(25)30)27-23(26-19)15-4-8-17(9-5-15)31-18-10-6-16(24)7-11-18/h4-11,13,20H,2-3,12H2,1H3,(H2,25,30)/t20-/m0/s1. The summed E-state index contributed by atoms with van der Waals surface area (Å²) in [5.74, 6) is 0.997. The van der Waals surface area contributed by atoms with Gasteiger partial charge in [0, 0.05) is 25.1 Å². The van der Waals surface area contributed by atoms with Gasteiger partial charge in [-0.15, -0.1) is 0 Å². The quantitative estimate of drug-likeness (QED) is 0.610. The number of nitrogens with two attached hydrogens (primary N) is 1. The van der Waals surface area contributed by atoms with E-state index in [1.54, 1.807) is 42.5 Å². The third-order valence-corrected chi connectivity index (χ3v) is 5.11. The molecule has 1 fully saturated rings. The molecule has 31 heavy (non-hydrogen) atoms. The van der Waals surface area contributed by atoms with Crippen molar-refractivity contribution < 1.29 is 18.7 Å². The van der Waals surface area contributed by atoms with E-state index >= 15 is 0 Å².